The third-order valence-electron chi connectivity index (χ3n) is 9.00. The van der Waals surface area contributed by atoms with Crippen LogP contribution in [-0.4, -0.2) is 48.9 Å². The zero-order valence-electron chi connectivity index (χ0n) is 28.9. The van der Waals surface area contributed by atoms with E-state index in [1.807, 2.05) is 58.2 Å². The van der Waals surface area contributed by atoms with Gasteiger partial charge in [0, 0.05) is 36.8 Å². The molecule has 1 heterocycles. The molecule has 1 saturated carbocycles. The normalized spacial score (nSPS) is 13.7. The van der Waals surface area contributed by atoms with Gasteiger partial charge in [-0.3, -0.25) is 4.90 Å². The fourth-order valence-corrected chi connectivity index (χ4v) is 6.78. The molecule has 1 fully saturated rings. The number of aryl methyl sites for hydroxylation is 1. The number of hydrogen-bond acceptors (Lipinski definition) is 6. The summed E-state index contributed by atoms with van der Waals surface area (Å²) in [5.74, 6) is 1.26. The number of rotatable bonds is 14. The van der Waals surface area contributed by atoms with Crippen molar-refractivity contribution in [3.63, 3.8) is 0 Å². The SMILES string of the molecule is CCCCCN(C(=O)NC1CCCCC1)c1ccc2nc(CCCC)n(Cc3ccc(-c4ccccc4OC(=O)NS(C)(=O)=O)cc3)c2c1. The third kappa shape index (κ3) is 9.84. The van der Waals surface area contributed by atoms with Crippen molar-refractivity contribution in [2.24, 2.45) is 0 Å². The van der Waals surface area contributed by atoms with Gasteiger partial charge in [0.25, 0.3) is 0 Å². The number of fused-ring (bicyclic) bond motifs is 1. The van der Waals surface area contributed by atoms with Crippen molar-refractivity contribution in [1.29, 1.82) is 0 Å². The lowest BCUT2D eigenvalue weighted by molar-refractivity contribution is 0.207. The quantitative estimate of drug-likeness (QED) is 0.129. The van der Waals surface area contributed by atoms with Crippen LogP contribution in [0, 0.1) is 0 Å². The zero-order chi connectivity index (χ0) is 34.8. The second-order valence-corrected chi connectivity index (χ2v) is 14.7. The van der Waals surface area contributed by atoms with Gasteiger partial charge in [-0.2, -0.15) is 0 Å². The first-order valence-corrected chi connectivity index (χ1v) is 19.5. The summed E-state index contributed by atoms with van der Waals surface area (Å²) >= 11 is 0. The molecule has 0 bridgehead atoms. The number of aromatic nitrogens is 2. The standard InChI is InChI=1S/C38H49N5O5S/c1-4-6-13-25-42(37(44)39-30-14-9-8-10-15-30)31-23-24-33-34(26-31)43(36(40-33)18-7-5-2)27-28-19-21-29(22-20-28)32-16-11-12-17-35(32)48-38(45)41-49(3,46)47/h11-12,16-17,19-24,26,30H,4-10,13-15,18,25,27H2,1-3H3,(H,39,44)(H,41,45). The van der Waals surface area contributed by atoms with Gasteiger partial charge in [-0.05, 0) is 61.1 Å². The fourth-order valence-electron chi connectivity index (χ4n) is 6.44. The fraction of sp³-hybridized carbons (Fsp3) is 0.447. The van der Waals surface area contributed by atoms with Crippen molar-refractivity contribution >= 4 is 38.9 Å². The highest BCUT2D eigenvalue weighted by Crippen LogP contribution is 2.31. The van der Waals surface area contributed by atoms with E-state index in [2.05, 4.69) is 29.8 Å². The Morgan fingerprint density at radius 1 is 0.939 bits per heavy atom. The van der Waals surface area contributed by atoms with Gasteiger partial charge < -0.3 is 14.6 Å². The number of hydrogen-bond donors (Lipinski definition) is 2. The molecule has 0 unspecified atom stereocenters. The average molecular weight is 688 g/mol. The molecule has 0 aliphatic heterocycles. The molecule has 49 heavy (non-hydrogen) atoms. The number of imidazole rings is 1. The smallest absolute Gasteiger partial charge is 0.409 e. The molecular formula is C38H49N5O5S. The van der Waals surface area contributed by atoms with E-state index in [-0.39, 0.29) is 17.8 Å². The number of ether oxygens (including phenoxy) is 1. The highest BCUT2D eigenvalue weighted by Gasteiger charge is 2.22. The Bertz CT molecular complexity index is 1830. The Hall–Kier alpha value is -4.38. The highest BCUT2D eigenvalue weighted by molar-refractivity contribution is 7.89. The minimum Gasteiger partial charge on any atom is -0.409 e. The van der Waals surface area contributed by atoms with Crippen LogP contribution >= 0.6 is 0 Å². The molecule has 0 spiro atoms. The van der Waals surface area contributed by atoms with Gasteiger partial charge >= 0.3 is 12.1 Å². The van der Waals surface area contributed by atoms with E-state index in [4.69, 9.17) is 9.72 Å². The number of nitrogens with zero attached hydrogens (tertiary/aromatic N) is 3. The molecule has 2 N–H and O–H groups in total. The van der Waals surface area contributed by atoms with Gasteiger partial charge in [-0.15, -0.1) is 0 Å². The first kappa shape index (κ1) is 35.9. The predicted molar refractivity (Wildman–Crippen MR) is 196 cm³/mol. The summed E-state index contributed by atoms with van der Waals surface area (Å²) in [6.45, 7) is 5.61. The van der Waals surface area contributed by atoms with Crippen molar-refractivity contribution in [2.45, 2.75) is 97.1 Å². The molecule has 5 rings (SSSR count). The Kier molecular flexibility index (Phi) is 12.3. The molecule has 4 aromatic rings. The van der Waals surface area contributed by atoms with Crippen molar-refractivity contribution in [3.8, 4) is 16.9 Å². The van der Waals surface area contributed by atoms with Gasteiger partial charge in [0.2, 0.25) is 10.0 Å². The van der Waals surface area contributed by atoms with Crippen LogP contribution in [0.4, 0.5) is 15.3 Å². The average Bonchev–Trinajstić information content (AvgIpc) is 3.42. The first-order chi connectivity index (χ1) is 23.6. The van der Waals surface area contributed by atoms with E-state index in [1.54, 1.807) is 12.1 Å². The molecule has 262 valence electrons. The lowest BCUT2D eigenvalue weighted by Crippen LogP contribution is -2.46. The number of unbranched alkanes of at least 4 members (excludes halogenated alkanes) is 3. The van der Waals surface area contributed by atoms with E-state index < -0.39 is 16.1 Å². The molecule has 3 amide bonds. The molecule has 11 heteroatoms. The molecule has 1 aromatic heterocycles. The maximum atomic E-state index is 13.7. The van der Waals surface area contributed by atoms with Gasteiger partial charge in [-0.25, -0.2) is 27.7 Å². The summed E-state index contributed by atoms with van der Waals surface area (Å²) in [7, 11) is -3.76. The lowest BCUT2D eigenvalue weighted by atomic mass is 9.96. The highest BCUT2D eigenvalue weighted by atomic mass is 32.2. The van der Waals surface area contributed by atoms with E-state index in [9.17, 15) is 18.0 Å². The Labute approximate surface area is 290 Å². The maximum absolute atomic E-state index is 13.7. The number of urea groups is 1. The molecule has 1 aliphatic carbocycles. The second-order valence-electron chi connectivity index (χ2n) is 13.0. The minimum absolute atomic E-state index is 0.0201. The van der Waals surface area contributed by atoms with Gasteiger partial charge in [0.05, 0.1) is 17.3 Å². The lowest BCUT2D eigenvalue weighted by Gasteiger charge is -2.28. The summed E-state index contributed by atoms with van der Waals surface area (Å²) in [4.78, 5) is 32.8. The van der Waals surface area contributed by atoms with Crippen LogP contribution in [0.2, 0.25) is 0 Å². The van der Waals surface area contributed by atoms with E-state index >= 15 is 0 Å². The maximum Gasteiger partial charge on any atom is 0.426 e. The molecule has 10 nitrogen and oxygen atoms in total. The summed E-state index contributed by atoms with van der Waals surface area (Å²) in [5.41, 5.74) is 5.33. The van der Waals surface area contributed by atoms with Crippen LogP contribution in [0.1, 0.15) is 89.4 Å². The molecule has 0 radical (unpaired) electrons. The Balaban J connectivity index is 1.42. The van der Waals surface area contributed by atoms with Crippen LogP contribution < -0.4 is 19.7 Å². The van der Waals surface area contributed by atoms with Crippen molar-refractivity contribution in [3.05, 3.63) is 78.1 Å². The van der Waals surface area contributed by atoms with E-state index in [0.717, 1.165) is 104 Å². The summed E-state index contributed by atoms with van der Waals surface area (Å²) in [6.07, 6.45) is 11.5. The number of sulfonamides is 1. The number of benzene rings is 3. The molecular weight excluding hydrogens is 639 g/mol. The Morgan fingerprint density at radius 3 is 2.39 bits per heavy atom. The molecule has 0 atom stereocenters. The van der Waals surface area contributed by atoms with E-state index in [1.165, 1.54) is 6.42 Å². The van der Waals surface area contributed by atoms with Crippen LogP contribution in [-0.2, 0) is 23.0 Å². The predicted octanol–water partition coefficient (Wildman–Crippen LogP) is 8.18. The topological polar surface area (TPSA) is 123 Å². The number of carbonyl (C=O) groups excluding carboxylic acids is 2. The summed E-state index contributed by atoms with van der Waals surface area (Å²) in [6, 6.07) is 21.4. The molecule has 0 saturated heterocycles. The number of carbonyl (C=O) groups is 2. The Morgan fingerprint density at radius 2 is 1.67 bits per heavy atom. The van der Waals surface area contributed by atoms with Crippen LogP contribution in [0.15, 0.2) is 66.7 Å². The number of nitrogens with one attached hydrogen (secondary N) is 2. The van der Waals surface area contributed by atoms with E-state index in [0.29, 0.717) is 18.7 Å². The summed E-state index contributed by atoms with van der Waals surface area (Å²) < 4.78 is 32.4. The third-order valence-corrected chi connectivity index (χ3v) is 9.54. The van der Waals surface area contributed by atoms with Crippen LogP contribution in [0.3, 0.4) is 0 Å². The number of para-hydroxylation sites is 1. The summed E-state index contributed by atoms with van der Waals surface area (Å²) in [5, 5.41) is 3.33. The van der Waals surface area contributed by atoms with Gasteiger partial charge in [-0.1, -0.05) is 94.8 Å². The van der Waals surface area contributed by atoms with Crippen molar-refractivity contribution in [2.75, 3.05) is 17.7 Å². The zero-order valence-corrected chi connectivity index (χ0v) is 29.7. The van der Waals surface area contributed by atoms with Crippen LogP contribution in [0.5, 0.6) is 5.75 Å². The largest absolute Gasteiger partial charge is 0.426 e. The number of amides is 3. The van der Waals surface area contributed by atoms with Gasteiger partial charge in [0.15, 0.2) is 0 Å². The van der Waals surface area contributed by atoms with Crippen LogP contribution in [0.25, 0.3) is 22.2 Å². The molecule has 1 aliphatic rings. The first-order valence-electron chi connectivity index (χ1n) is 17.6. The minimum atomic E-state index is -3.76. The monoisotopic (exact) mass is 687 g/mol. The molecule has 3 aromatic carbocycles. The number of anilines is 1. The van der Waals surface area contributed by atoms with Gasteiger partial charge in [0.1, 0.15) is 11.6 Å². The van der Waals surface area contributed by atoms with Crippen molar-refractivity contribution < 1.29 is 22.7 Å². The second kappa shape index (κ2) is 16.8. The van der Waals surface area contributed by atoms with Crippen molar-refractivity contribution in [1.82, 2.24) is 19.6 Å².